The molecule has 1 aromatic heterocycles. The first-order chi connectivity index (χ1) is 7.67. The van der Waals surface area contributed by atoms with Gasteiger partial charge in [0.2, 0.25) is 0 Å². The first-order valence-corrected chi connectivity index (χ1v) is 7.29. The van der Waals surface area contributed by atoms with Gasteiger partial charge in [0.1, 0.15) is 0 Å². The van der Waals surface area contributed by atoms with Gasteiger partial charge in [0, 0.05) is 35.6 Å². The molecule has 0 aromatic carbocycles. The highest BCUT2D eigenvalue weighted by Crippen LogP contribution is 2.31. The minimum Gasteiger partial charge on any atom is -0.330 e. The third kappa shape index (κ3) is 2.13. The van der Waals surface area contributed by atoms with E-state index in [0.29, 0.717) is 6.04 Å². The Morgan fingerprint density at radius 3 is 3.12 bits per heavy atom. The Balaban J connectivity index is 2.24. The van der Waals surface area contributed by atoms with Crippen LogP contribution in [0.5, 0.6) is 0 Å². The quantitative estimate of drug-likeness (QED) is 0.872. The molecule has 90 valence electrons. The molecule has 16 heavy (non-hydrogen) atoms. The molecule has 2 rings (SSSR count). The molecule has 1 aromatic rings. The van der Waals surface area contributed by atoms with Crippen molar-refractivity contribution < 1.29 is 0 Å². The number of imidazole rings is 1. The lowest BCUT2D eigenvalue weighted by atomic mass is 9.86. The van der Waals surface area contributed by atoms with Crippen molar-refractivity contribution in [2.75, 3.05) is 25.1 Å². The highest BCUT2D eigenvalue weighted by Gasteiger charge is 2.33. The summed E-state index contributed by atoms with van der Waals surface area (Å²) >= 11 is 1.89. The van der Waals surface area contributed by atoms with E-state index >= 15 is 0 Å². The van der Waals surface area contributed by atoms with Gasteiger partial charge in [0.25, 0.3) is 0 Å². The van der Waals surface area contributed by atoms with Crippen LogP contribution in [0.4, 0.5) is 0 Å². The van der Waals surface area contributed by atoms with Crippen LogP contribution < -0.4 is 5.32 Å². The Morgan fingerprint density at radius 2 is 2.50 bits per heavy atom. The van der Waals surface area contributed by atoms with Crippen molar-refractivity contribution >= 4 is 11.8 Å². The second kappa shape index (κ2) is 4.80. The average Bonchev–Trinajstić information content (AvgIpc) is 2.86. The lowest BCUT2D eigenvalue weighted by Crippen LogP contribution is -2.29. The molecule has 0 radical (unpaired) electrons. The maximum Gasteiger partial charge on any atom is 0.0951 e. The van der Waals surface area contributed by atoms with Crippen molar-refractivity contribution in [2.24, 2.45) is 0 Å². The molecule has 1 aliphatic heterocycles. The molecular weight excluding hydrogens is 218 g/mol. The summed E-state index contributed by atoms with van der Waals surface area (Å²) in [7, 11) is 0. The number of nitrogens with zero attached hydrogens (tertiary/aromatic N) is 2. The van der Waals surface area contributed by atoms with E-state index in [2.05, 4.69) is 35.0 Å². The summed E-state index contributed by atoms with van der Waals surface area (Å²) in [6.07, 6.45) is 7.40. The van der Waals surface area contributed by atoms with E-state index in [0.717, 1.165) is 18.8 Å². The van der Waals surface area contributed by atoms with Crippen molar-refractivity contribution in [3.05, 3.63) is 18.2 Å². The van der Waals surface area contributed by atoms with Crippen LogP contribution in [0.1, 0.15) is 32.0 Å². The maximum absolute atomic E-state index is 4.34. The van der Waals surface area contributed by atoms with E-state index < -0.39 is 0 Å². The Hall–Kier alpha value is -0.480. The summed E-state index contributed by atoms with van der Waals surface area (Å²) in [5.74, 6) is 1.15. The smallest absolute Gasteiger partial charge is 0.0951 e. The van der Waals surface area contributed by atoms with Crippen LogP contribution in [0.15, 0.2) is 12.5 Å². The molecule has 1 saturated heterocycles. The Morgan fingerprint density at radius 1 is 1.69 bits per heavy atom. The maximum atomic E-state index is 4.34. The standard InChI is InChI=1S/C12H21N3S/c1-10(7-16-3)15-9-14-6-11(15)12(2)4-5-13-8-12/h6,9-10,13H,4-5,7-8H2,1-3H3. The first kappa shape index (κ1) is 12.0. The molecule has 1 aliphatic rings. The van der Waals surface area contributed by atoms with E-state index in [1.807, 2.05) is 24.3 Å². The second-order valence-corrected chi connectivity index (χ2v) is 5.89. The Kier molecular flexibility index (Phi) is 3.60. The fraction of sp³-hybridized carbons (Fsp3) is 0.750. The largest absolute Gasteiger partial charge is 0.330 e. The number of hydrogen-bond acceptors (Lipinski definition) is 3. The zero-order valence-corrected chi connectivity index (χ0v) is 11.2. The van der Waals surface area contributed by atoms with Gasteiger partial charge < -0.3 is 9.88 Å². The van der Waals surface area contributed by atoms with Crippen molar-refractivity contribution in [3.63, 3.8) is 0 Å². The molecule has 2 atom stereocenters. The van der Waals surface area contributed by atoms with Gasteiger partial charge in [-0.2, -0.15) is 11.8 Å². The molecule has 2 unspecified atom stereocenters. The van der Waals surface area contributed by atoms with Crippen LogP contribution in [0, 0.1) is 0 Å². The summed E-state index contributed by atoms with van der Waals surface area (Å²) in [4.78, 5) is 4.34. The number of rotatable bonds is 4. The predicted molar refractivity (Wildman–Crippen MR) is 70.2 cm³/mol. The molecule has 4 heteroatoms. The molecule has 1 N–H and O–H groups in total. The van der Waals surface area contributed by atoms with Crippen molar-refractivity contribution in [1.29, 1.82) is 0 Å². The van der Waals surface area contributed by atoms with Gasteiger partial charge in [-0.15, -0.1) is 0 Å². The van der Waals surface area contributed by atoms with Gasteiger partial charge in [-0.1, -0.05) is 6.92 Å². The van der Waals surface area contributed by atoms with Crippen molar-refractivity contribution in [3.8, 4) is 0 Å². The third-order valence-electron chi connectivity index (χ3n) is 3.54. The minimum absolute atomic E-state index is 0.267. The average molecular weight is 239 g/mol. The highest BCUT2D eigenvalue weighted by atomic mass is 32.2. The summed E-state index contributed by atoms with van der Waals surface area (Å²) in [5, 5.41) is 3.45. The van der Waals surface area contributed by atoms with Gasteiger partial charge in [-0.25, -0.2) is 4.98 Å². The molecule has 0 aliphatic carbocycles. The zero-order chi connectivity index (χ0) is 11.6. The van der Waals surface area contributed by atoms with E-state index in [9.17, 15) is 0 Å². The highest BCUT2D eigenvalue weighted by molar-refractivity contribution is 7.98. The number of thioether (sulfide) groups is 1. The second-order valence-electron chi connectivity index (χ2n) is 4.98. The van der Waals surface area contributed by atoms with Gasteiger partial charge >= 0.3 is 0 Å². The van der Waals surface area contributed by atoms with Crippen LogP contribution in [-0.2, 0) is 5.41 Å². The van der Waals surface area contributed by atoms with E-state index in [1.165, 1.54) is 12.1 Å². The van der Waals surface area contributed by atoms with Gasteiger partial charge in [-0.05, 0) is 26.1 Å². The number of hydrogen-bond donors (Lipinski definition) is 1. The van der Waals surface area contributed by atoms with Gasteiger partial charge in [0.15, 0.2) is 0 Å². The van der Waals surface area contributed by atoms with E-state index in [-0.39, 0.29) is 5.41 Å². The van der Waals surface area contributed by atoms with Crippen LogP contribution in [0.2, 0.25) is 0 Å². The summed E-state index contributed by atoms with van der Waals surface area (Å²) in [5.41, 5.74) is 1.66. The van der Waals surface area contributed by atoms with Crippen LogP contribution >= 0.6 is 11.8 Å². The number of aromatic nitrogens is 2. The zero-order valence-electron chi connectivity index (χ0n) is 10.4. The summed E-state index contributed by atoms with van der Waals surface area (Å²) in [6, 6.07) is 0.532. The molecule has 0 bridgehead atoms. The topological polar surface area (TPSA) is 29.9 Å². The van der Waals surface area contributed by atoms with Crippen LogP contribution in [0.25, 0.3) is 0 Å². The lowest BCUT2D eigenvalue weighted by Gasteiger charge is -2.26. The summed E-state index contributed by atoms with van der Waals surface area (Å²) in [6.45, 7) is 6.81. The Labute approximate surface area is 102 Å². The molecule has 0 amide bonds. The van der Waals surface area contributed by atoms with Crippen LogP contribution in [-0.4, -0.2) is 34.6 Å². The monoisotopic (exact) mass is 239 g/mol. The van der Waals surface area contributed by atoms with Crippen LogP contribution in [0.3, 0.4) is 0 Å². The number of nitrogens with one attached hydrogen (secondary N) is 1. The normalized spacial score (nSPS) is 27.2. The Bertz CT molecular complexity index is 342. The van der Waals surface area contributed by atoms with Gasteiger partial charge in [-0.3, -0.25) is 0 Å². The predicted octanol–water partition coefficient (Wildman–Crippen LogP) is 2.06. The molecule has 1 fully saturated rings. The molecule has 3 nitrogen and oxygen atoms in total. The molecule has 2 heterocycles. The third-order valence-corrected chi connectivity index (χ3v) is 4.35. The SMILES string of the molecule is CSCC(C)n1cncc1C1(C)CCNC1. The fourth-order valence-electron chi connectivity index (χ4n) is 2.48. The molecular formula is C12H21N3S. The minimum atomic E-state index is 0.267. The van der Waals surface area contributed by atoms with Crippen molar-refractivity contribution in [1.82, 2.24) is 14.9 Å². The lowest BCUT2D eigenvalue weighted by molar-refractivity contribution is 0.453. The van der Waals surface area contributed by atoms with E-state index in [4.69, 9.17) is 0 Å². The molecule has 0 saturated carbocycles. The van der Waals surface area contributed by atoms with Crippen molar-refractivity contribution in [2.45, 2.75) is 31.7 Å². The fourth-order valence-corrected chi connectivity index (χ4v) is 3.12. The summed E-state index contributed by atoms with van der Waals surface area (Å²) < 4.78 is 2.35. The molecule has 0 spiro atoms. The first-order valence-electron chi connectivity index (χ1n) is 5.89. The van der Waals surface area contributed by atoms with E-state index in [1.54, 1.807) is 0 Å². The van der Waals surface area contributed by atoms with Gasteiger partial charge in [0.05, 0.1) is 6.33 Å².